The van der Waals surface area contributed by atoms with Crippen LogP contribution in [0.15, 0.2) is 53.4 Å². The summed E-state index contributed by atoms with van der Waals surface area (Å²) in [5.41, 5.74) is 1.96. The van der Waals surface area contributed by atoms with Crippen molar-refractivity contribution in [2.45, 2.75) is 11.8 Å². The summed E-state index contributed by atoms with van der Waals surface area (Å²) in [4.78, 5) is 0.718. The summed E-state index contributed by atoms with van der Waals surface area (Å²) >= 11 is 0. The standard InChI is InChI=1S/C14H11ClO4S/c1-10-11-6-2-4-8-13(11)20(19-15(16,17)18)14-9-5-3-7-12(10)14/h2-9H,1H3. The van der Waals surface area contributed by atoms with Gasteiger partial charge >= 0.3 is 0 Å². The molecule has 6 heteroatoms. The van der Waals surface area contributed by atoms with Crippen LogP contribution in [0.5, 0.6) is 0 Å². The van der Waals surface area contributed by atoms with E-state index in [2.05, 4.69) is 0 Å². The van der Waals surface area contributed by atoms with Crippen molar-refractivity contribution in [1.82, 2.24) is 0 Å². The van der Waals surface area contributed by atoms with Crippen molar-refractivity contribution in [2.24, 2.45) is 0 Å². The van der Waals surface area contributed by atoms with Crippen LogP contribution < -0.4 is 19.2 Å². The van der Waals surface area contributed by atoms with Crippen molar-refractivity contribution in [3.05, 3.63) is 63.8 Å². The first kappa shape index (κ1) is 13.8. The van der Waals surface area contributed by atoms with Gasteiger partial charge in [0, 0.05) is 0 Å². The molecule has 0 N–H and O–H groups in total. The Morgan fingerprint density at radius 1 is 0.950 bits per heavy atom. The van der Waals surface area contributed by atoms with Crippen LogP contribution in [0.4, 0.5) is 0 Å². The van der Waals surface area contributed by atoms with E-state index in [9.17, 15) is 14.0 Å². The fraction of sp³-hybridized carbons (Fsp3) is 0.0714. The van der Waals surface area contributed by atoms with Crippen molar-refractivity contribution in [3.8, 4) is 0 Å². The molecular formula is C14H11ClO4S. The number of rotatable bonds is 2. The number of hydrogen-bond donors (Lipinski definition) is 0. The van der Waals surface area contributed by atoms with E-state index in [0.717, 1.165) is 25.8 Å². The van der Waals surface area contributed by atoms with Gasteiger partial charge in [-0.15, -0.1) is 0 Å². The predicted molar refractivity (Wildman–Crippen MR) is 66.5 cm³/mol. The topological polar surface area (TPSA) is 78.4 Å². The lowest BCUT2D eigenvalue weighted by Gasteiger charge is -2.19. The number of halogens is 1. The van der Waals surface area contributed by atoms with E-state index < -0.39 is 21.0 Å². The molecule has 0 saturated heterocycles. The normalized spacial score (nSPS) is 17.6. The Labute approximate surface area is 120 Å². The zero-order valence-electron chi connectivity index (χ0n) is 10.5. The zero-order valence-corrected chi connectivity index (χ0v) is 12.1. The predicted octanol–water partition coefficient (Wildman–Crippen LogP) is -0.373. The molecule has 4 nitrogen and oxygen atoms in total. The molecule has 3 rings (SSSR count). The Morgan fingerprint density at radius 2 is 1.60 bits per heavy atom. The molecule has 0 amide bonds. The largest absolute Gasteiger partial charge is 0.182 e. The van der Waals surface area contributed by atoms with Crippen molar-refractivity contribution >= 4 is 16.3 Å². The summed E-state index contributed by atoms with van der Waals surface area (Å²) in [5.74, 6) is 0. The third kappa shape index (κ3) is 2.40. The Kier molecular flexibility index (Phi) is 3.41. The molecule has 1 unspecified atom stereocenters. The van der Waals surface area contributed by atoms with Crippen molar-refractivity contribution in [2.75, 3.05) is 0 Å². The van der Waals surface area contributed by atoms with Gasteiger partial charge in [0.2, 0.25) is 0 Å². The molecule has 20 heavy (non-hydrogen) atoms. The summed E-state index contributed by atoms with van der Waals surface area (Å²) in [6.45, 7) is 1.97. The summed E-state index contributed by atoms with van der Waals surface area (Å²) in [6, 6.07) is 14.7. The van der Waals surface area contributed by atoms with Crippen molar-refractivity contribution in [1.29, 1.82) is 0 Å². The second-order valence-corrected chi connectivity index (χ2v) is 7.00. The Balaban J connectivity index is 2.41. The highest BCUT2D eigenvalue weighted by Gasteiger charge is 2.28. The second kappa shape index (κ2) is 4.96. The first-order valence-corrected chi connectivity index (χ1v) is 8.23. The quantitative estimate of drug-likeness (QED) is 0.709. The Hall–Kier alpha value is -1.21. The summed E-state index contributed by atoms with van der Waals surface area (Å²) < 4.78 is 38.5. The minimum absolute atomic E-state index is 0.718. The second-order valence-electron chi connectivity index (χ2n) is 4.33. The lowest BCUT2D eigenvalue weighted by molar-refractivity contribution is -1.91. The molecule has 0 spiro atoms. The van der Waals surface area contributed by atoms with Gasteiger partial charge in [-0.05, 0) is 35.4 Å². The molecule has 1 aliphatic rings. The third-order valence-electron chi connectivity index (χ3n) is 3.12. The molecule has 1 aliphatic heterocycles. The average Bonchev–Trinajstić information content (AvgIpc) is 2.42. The van der Waals surface area contributed by atoms with Gasteiger partial charge in [-0.25, -0.2) is 0 Å². The van der Waals surface area contributed by atoms with E-state index >= 15 is 0 Å². The van der Waals surface area contributed by atoms with Gasteiger partial charge in [-0.3, -0.25) is 0 Å². The van der Waals surface area contributed by atoms with Crippen molar-refractivity contribution in [3.63, 3.8) is 0 Å². The molecule has 104 valence electrons. The minimum Gasteiger partial charge on any atom is -0.182 e. The lowest BCUT2D eigenvalue weighted by Crippen LogP contribution is -2.60. The zero-order chi connectivity index (χ0) is 14.3. The molecule has 0 aromatic heterocycles. The highest BCUT2D eigenvalue weighted by atomic mass is 35.7. The van der Waals surface area contributed by atoms with Gasteiger partial charge < -0.3 is 0 Å². The molecule has 1 atom stereocenters. The van der Waals surface area contributed by atoms with Crippen LogP contribution in [0.25, 0.3) is 5.57 Å². The summed E-state index contributed by atoms with van der Waals surface area (Å²) in [5, 5.41) is 0.911. The van der Waals surface area contributed by atoms with E-state index in [-0.39, 0.29) is 0 Å². The van der Waals surface area contributed by atoms with Gasteiger partial charge in [-0.2, -0.15) is 14.0 Å². The van der Waals surface area contributed by atoms with Crippen LogP contribution in [0.3, 0.4) is 0 Å². The number of hydrogen-bond acceptors (Lipinski definition) is 4. The molecule has 2 aromatic rings. The molecule has 0 saturated carbocycles. The smallest absolute Gasteiger partial charge is 0.148 e. The van der Waals surface area contributed by atoms with Gasteiger partial charge in [0.25, 0.3) is 0 Å². The maximum atomic E-state index is 11.0. The average molecular weight is 311 g/mol. The van der Waals surface area contributed by atoms with Crippen LogP contribution in [0, 0.1) is 14.8 Å². The third-order valence-corrected chi connectivity index (χ3v) is 5.75. The maximum Gasteiger partial charge on any atom is 0.148 e. The first-order valence-electron chi connectivity index (χ1n) is 5.85. The fourth-order valence-corrected chi connectivity index (χ4v) is 4.93. The van der Waals surface area contributed by atoms with Crippen molar-refractivity contribution < 1.29 is 28.0 Å². The van der Waals surface area contributed by atoms with Gasteiger partial charge in [0.1, 0.15) is 14.5 Å². The molecule has 0 fully saturated rings. The number of fused-ring (bicyclic) bond motifs is 2. The number of benzene rings is 2. The molecule has 0 bridgehead atoms. The summed E-state index contributed by atoms with van der Waals surface area (Å²) in [6.07, 6.45) is 0. The van der Waals surface area contributed by atoms with E-state index in [1.807, 2.05) is 31.2 Å². The molecule has 0 radical (unpaired) electrons. The SMILES string of the molecule is CC1=c2ccccc2=S(O[Cl+3]([O-])([O-])[O-])c2ccccc21. The van der Waals surface area contributed by atoms with Crippen LogP contribution in [-0.2, 0) is 3.74 Å². The van der Waals surface area contributed by atoms with E-state index in [1.54, 1.807) is 24.3 Å². The van der Waals surface area contributed by atoms with Gasteiger partial charge in [0.15, 0.2) is 0 Å². The molecule has 1 heterocycles. The summed E-state index contributed by atoms with van der Waals surface area (Å²) in [7, 11) is -5.70. The van der Waals surface area contributed by atoms with E-state index in [4.69, 9.17) is 3.74 Å². The van der Waals surface area contributed by atoms with Crippen LogP contribution in [0.2, 0.25) is 0 Å². The van der Waals surface area contributed by atoms with Gasteiger partial charge in [-0.1, -0.05) is 36.4 Å². The van der Waals surface area contributed by atoms with E-state index in [0.29, 0.717) is 0 Å². The van der Waals surface area contributed by atoms with Gasteiger partial charge in [0.05, 0.1) is 19.6 Å². The minimum atomic E-state index is -4.49. The Bertz CT molecular complexity index is 795. The first-order chi connectivity index (χ1) is 9.47. The van der Waals surface area contributed by atoms with E-state index in [1.165, 1.54) is 0 Å². The molecule has 0 aliphatic carbocycles. The monoisotopic (exact) mass is 310 g/mol. The van der Waals surface area contributed by atoms with Crippen LogP contribution in [0.1, 0.15) is 12.5 Å². The lowest BCUT2D eigenvalue weighted by atomic mass is 10.0. The highest BCUT2D eigenvalue weighted by molar-refractivity contribution is 8.05. The molecular weight excluding hydrogens is 300 g/mol. The fourth-order valence-electron chi connectivity index (χ4n) is 2.28. The van der Waals surface area contributed by atoms with Crippen LogP contribution in [-0.4, -0.2) is 0 Å². The van der Waals surface area contributed by atoms with Crippen LogP contribution >= 0.6 is 10.8 Å². The Morgan fingerprint density at radius 3 is 2.35 bits per heavy atom. The molecule has 2 aromatic carbocycles. The highest BCUT2D eigenvalue weighted by Crippen LogP contribution is 2.39. The maximum absolute atomic E-state index is 11.0.